The molecule has 1 fully saturated rings. The van der Waals surface area contributed by atoms with Crippen LogP contribution < -0.4 is 14.8 Å². The second-order valence-electron chi connectivity index (χ2n) is 8.47. The summed E-state index contributed by atoms with van der Waals surface area (Å²) in [5.41, 5.74) is -0.120. The van der Waals surface area contributed by atoms with Crippen LogP contribution in [0.25, 0.3) is 0 Å². The maximum Gasteiger partial charge on any atom is 0.328 e. The zero-order valence-corrected chi connectivity index (χ0v) is 19.1. The Hall–Kier alpha value is -2.64. The molecule has 1 amide bonds. The molecular formula is C23H34N2O6. The Labute approximate surface area is 184 Å². The van der Waals surface area contributed by atoms with Gasteiger partial charge in [-0.05, 0) is 38.0 Å². The van der Waals surface area contributed by atoms with Gasteiger partial charge in [-0.15, -0.1) is 0 Å². The van der Waals surface area contributed by atoms with Crippen LogP contribution in [0.1, 0.15) is 76.7 Å². The largest absolute Gasteiger partial charge is 0.493 e. The number of carbonyl (C=O) groups excluding carboxylic acids is 3. The predicted molar refractivity (Wildman–Crippen MR) is 115 cm³/mol. The molecule has 3 atom stereocenters. The van der Waals surface area contributed by atoms with Crippen molar-refractivity contribution in [2.45, 2.75) is 78.4 Å². The number of rotatable bonds is 7. The van der Waals surface area contributed by atoms with Crippen LogP contribution in [-0.4, -0.2) is 42.1 Å². The average molecular weight is 435 g/mol. The molecule has 1 aliphatic heterocycles. The molecule has 0 unspecified atom stereocenters. The van der Waals surface area contributed by atoms with Crippen molar-refractivity contribution in [3.8, 4) is 11.5 Å². The van der Waals surface area contributed by atoms with E-state index in [0.29, 0.717) is 18.3 Å². The van der Waals surface area contributed by atoms with Crippen molar-refractivity contribution in [2.24, 2.45) is 11.8 Å². The van der Waals surface area contributed by atoms with Gasteiger partial charge in [-0.3, -0.25) is 9.59 Å². The number of amides is 1. The molecule has 1 saturated heterocycles. The number of carbonyl (C=O) groups is 3. The van der Waals surface area contributed by atoms with E-state index in [2.05, 4.69) is 24.1 Å². The van der Waals surface area contributed by atoms with Crippen molar-refractivity contribution in [1.82, 2.24) is 10.3 Å². The highest BCUT2D eigenvalue weighted by Crippen LogP contribution is 2.30. The van der Waals surface area contributed by atoms with E-state index in [0.717, 1.165) is 32.1 Å². The normalized spacial score (nSPS) is 22.0. The van der Waals surface area contributed by atoms with Crippen molar-refractivity contribution < 1.29 is 28.6 Å². The molecule has 0 aliphatic carbocycles. The van der Waals surface area contributed by atoms with E-state index >= 15 is 0 Å². The molecule has 1 aromatic rings. The van der Waals surface area contributed by atoms with Gasteiger partial charge in [-0.1, -0.05) is 33.1 Å². The number of hydrogen-bond acceptors (Lipinski definition) is 7. The highest BCUT2D eigenvalue weighted by molar-refractivity contribution is 5.98. The van der Waals surface area contributed by atoms with E-state index in [1.165, 1.54) is 26.3 Å². The fourth-order valence-electron chi connectivity index (χ4n) is 3.75. The lowest BCUT2D eigenvalue weighted by Crippen LogP contribution is -2.43. The van der Waals surface area contributed by atoms with Crippen LogP contribution >= 0.6 is 0 Å². The number of methoxy groups -OCH3 is 1. The van der Waals surface area contributed by atoms with Gasteiger partial charge in [-0.2, -0.15) is 0 Å². The maximum atomic E-state index is 12.9. The minimum Gasteiger partial charge on any atom is -0.493 e. The Bertz CT molecular complexity index is 779. The standard InChI is InChI=1S/C23H34N2O6/c1-14(2)10-11-17-8-6-7-9-18(23(28)30-15(17)3)25-22(27)20-21(31-16(4)26)19(29-5)12-13-24-20/h12-15,17-18H,6-11H2,1-5H3,(H,25,27)/t15-,17-,18-/m0/s1. The molecule has 2 rings (SSSR count). The quantitative estimate of drug-likeness (QED) is 0.653. The van der Waals surface area contributed by atoms with Crippen LogP contribution in [0.3, 0.4) is 0 Å². The minimum atomic E-state index is -0.794. The molecule has 8 heteroatoms. The number of nitrogens with zero attached hydrogens (tertiary/aromatic N) is 1. The molecule has 2 heterocycles. The maximum absolute atomic E-state index is 12.9. The van der Waals surface area contributed by atoms with Crippen LogP contribution in [0.2, 0.25) is 0 Å². The summed E-state index contributed by atoms with van der Waals surface area (Å²) in [6.07, 6.45) is 6.51. The number of esters is 2. The lowest BCUT2D eigenvalue weighted by atomic mass is 9.89. The van der Waals surface area contributed by atoms with Gasteiger partial charge in [0.1, 0.15) is 12.1 Å². The third-order valence-electron chi connectivity index (χ3n) is 5.54. The summed E-state index contributed by atoms with van der Waals surface area (Å²) in [5, 5.41) is 2.71. The minimum absolute atomic E-state index is 0.0754. The first-order chi connectivity index (χ1) is 14.7. The second kappa shape index (κ2) is 11.7. The highest BCUT2D eigenvalue weighted by Gasteiger charge is 2.31. The lowest BCUT2D eigenvalue weighted by Gasteiger charge is -2.25. The summed E-state index contributed by atoms with van der Waals surface area (Å²) < 4.78 is 16.0. The number of aromatic nitrogens is 1. The van der Waals surface area contributed by atoms with Gasteiger partial charge in [0.15, 0.2) is 11.4 Å². The van der Waals surface area contributed by atoms with E-state index in [1.54, 1.807) is 0 Å². The van der Waals surface area contributed by atoms with Crippen LogP contribution in [0.5, 0.6) is 11.5 Å². The molecule has 0 spiro atoms. The van der Waals surface area contributed by atoms with Crippen LogP contribution in [0.4, 0.5) is 0 Å². The van der Waals surface area contributed by atoms with E-state index in [9.17, 15) is 14.4 Å². The van der Waals surface area contributed by atoms with Gasteiger partial charge in [0.25, 0.3) is 5.91 Å². The van der Waals surface area contributed by atoms with Crippen LogP contribution in [0.15, 0.2) is 12.3 Å². The summed E-state index contributed by atoms with van der Waals surface area (Å²) in [6, 6.07) is 0.694. The molecule has 1 aromatic heterocycles. The summed E-state index contributed by atoms with van der Waals surface area (Å²) >= 11 is 0. The van der Waals surface area contributed by atoms with Gasteiger partial charge < -0.3 is 19.5 Å². The Morgan fingerprint density at radius 1 is 1.29 bits per heavy atom. The Balaban J connectivity index is 2.14. The zero-order chi connectivity index (χ0) is 23.0. The molecule has 0 bridgehead atoms. The van der Waals surface area contributed by atoms with E-state index < -0.39 is 23.9 Å². The summed E-state index contributed by atoms with van der Waals surface area (Å²) in [7, 11) is 1.40. The monoisotopic (exact) mass is 434 g/mol. The lowest BCUT2D eigenvalue weighted by molar-refractivity contribution is -0.153. The van der Waals surface area contributed by atoms with Crippen molar-refractivity contribution in [1.29, 1.82) is 0 Å². The second-order valence-corrected chi connectivity index (χ2v) is 8.47. The Kier molecular flexibility index (Phi) is 9.27. The van der Waals surface area contributed by atoms with Crippen molar-refractivity contribution in [3.05, 3.63) is 18.0 Å². The van der Waals surface area contributed by atoms with Gasteiger partial charge in [-0.25, -0.2) is 9.78 Å². The fraction of sp³-hybridized carbons (Fsp3) is 0.652. The summed E-state index contributed by atoms with van der Waals surface area (Å²) in [6.45, 7) is 7.53. The van der Waals surface area contributed by atoms with Crippen molar-refractivity contribution in [2.75, 3.05) is 7.11 Å². The van der Waals surface area contributed by atoms with Crippen LogP contribution in [-0.2, 0) is 14.3 Å². The Morgan fingerprint density at radius 3 is 2.65 bits per heavy atom. The SMILES string of the molecule is COc1ccnc(C(=O)N[C@H]2CCCC[C@@H](CCC(C)C)[C@H](C)OC2=O)c1OC(C)=O. The van der Waals surface area contributed by atoms with Gasteiger partial charge in [0, 0.05) is 19.2 Å². The van der Waals surface area contributed by atoms with Gasteiger partial charge in [0.2, 0.25) is 5.75 Å². The summed E-state index contributed by atoms with van der Waals surface area (Å²) in [5.74, 6) is -0.638. The topological polar surface area (TPSA) is 104 Å². The molecule has 0 aromatic carbocycles. The fourth-order valence-corrected chi connectivity index (χ4v) is 3.75. The van der Waals surface area contributed by atoms with Crippen molar-refractivity contribution in [3.63, 3.8) is 0 Å². The molecule has 31 heavy (non-hydrogen) atoms. The van der Waals surface area contributed by atoms with Crippen molar-refractivity contribution >= 4 is 17.8 Å². The number of nitrogens with one attached hydrogen (secondary N) is 1. The molecule has 1 aliphatic rings. The van der Waals surface area contributed by atoms with E-state index in [1.807, 2.05) is 6.92 Å². The number of hydrogen-bond donors (Lipinski definition) is 1. The first-order valence-electron chi connectivity index (χ1n) is 11.0. The predicted octanol–water partition coefficient (Wildman–Crippen LogP) is 3.67. The molecule has 8 nitrogen and oxygen atoms in total. The number of cyclic esters (lactones) is 1. The van der Waals surface area contributed by atoms with Gasteiger partial charge in [0.05, 0.1) is 7.11 Å². The summed E-state index contributed by atoms with van der Waals surface area (Å²) in [4.78, 5) is 41.2. The first-order valence-corrected chi connectivity index (χ1v) is 11.0. The van der Waals surface area contributed by atoms with Crippen LogP contribution in [0, 0.1) is 11.8 Å². The smallest absolute Gasteiger partial charge is 0.328 e. The van der Waals surface area contributed by atoms with E-state index in [-0.39, 0.29) is 23.3 Å². The number of pyridine rings is 1. The number of ether oxygens (including phenoxy) is 3. The molecule has 0 radical (unpaired) electrons. The first kappa shape index (κ1) is 24.6. The molecular weight excluding hydrogens is 400 g/mol. The Morgan fingerprint density at radius 2 is 2.00 bits per heavy atom. The van der Waals surface area contributed by atoms with Gasteiger partial charge >= 0.3 is 11.9 Å². The molecule has 172 valence electrons. The van der Waals surface area contributed by atoms with E-state index in [4.69, 9.17) is 14.2 Å². The molecule has 1 N–H and O–H groups in total. The highest BCUT2D eigenvalue weighted by atomic mass is 16.6. The average Bonchev–Trinajstić information content (AvgIpc) is 2.76. The zero-order valence-electron chi connectivity index (χ0n) is 19.1. The molecule has 0 saturated carbocycles. The third kappa shape index (κ3) is 7.22. The third-order valence-corrected chi connectivity index (χ3v) is 5.54.